The van der Waals surface area contributed by atoms with E-state index in [0.29, 0.717) is 19.0 Å². The lowest BCUT2D eigenvalue weighted by molar-refractivity contribution is 0.241. The average molecular weight is 221 g/mol. The second-order valence-electron chi connectivity index (χ2n) is 3.06. The summed E-state index contributed by atoms with van der Waals surface area (Å²) in [6.45, 7) is 4.39. The highest BCUT2D eigenvalue weighted by Gasteiger charge is 1.99. The van der Waals surface area contributed by atoms with Crippen molar-refractivity contribution in [2.24, 2.45) is 0 Å². The van der Waals surface area contributed by atoms with Gasteiger partial charge in [0.25, 0.3) is 0 Å². The molecule has 0 aliphatic carbocycles. The second-order valence-corrected chi connectivity index (χ2v) is 3.06. The molecule has 0 aromatic carbocycles. The molecule has 0 unspecified atom stereocenters. The Morgan fingerprint density at radius 3 is 2.94 bits per heavy atom. The number of carbonyl (C=O) groups is 1. The van der Waals surface area contributed by atoms with E-state index in [-0.39, 0.29) is 6.03 Å². The Bertz CT molecular complexity index is 349. The second kappa shape index (κ2) is 6.44. The SMILES string of the molecule is C=CCNC(=O)NCc1ccc(OC)nc1. The van der Waals surface area contributed by atoms with Gasteiger partial charge in [0, 0.05) is 25.4 Å². The zero-order valence-corrected chi connectivity index (χ0v) is 9.19. The van der Waals surface area contributed by atoms with Crippen molar-refractivity contribution < 1.29 is 9.53 Å². The molecule has 5 heteroatoms. The first kappa shape index (κ1) is 12.0. The number of carbonyl (C=O) groups excluding carboxylic acids is 1. The van der Waals surface area contributed by atoms with E-state index < -0.39 is 0 Å². The van der Waals surface area contributed by atoms with Crippen LogP contribution in [0.5, 0.6) is 5.88 Å². The van der Waals surface area contributed by atoms with Crippen molar-refractivity contribution in [3.8, 4) is 5.88 Å². The molecule has 16 heavy (non-hydrogen) atoms. The smallest absolute Gasteiger partial charge is 0.315 e. The first-order chi connectivity index (χ1) is 7.76. The zero-order chi connectivity index (χ0) is 11.8. The summed E-state index contributed by atoms with van der Waals surface area (Å²) in [5, 5.41) is 5.30. The Morgan fingerprint density at radius 1 is 1.56 bits per heavy atom. The molecule has 5 nitrogen and oxygen atoms in total. The van der Waals surface area contributed by atoms with E-state index in [1.54, 1.807) is 25.4 Å². The van der Waals surface area contributed by atoms with Crippen LogP contribution in [0.25, 0.3) is 0 Å². The minimum Gasteiger partial charge on any atom is -0.481 e. The molecule has 2 amide bonds. The summed E-state index contributed by atoms with van der Waals surface area (Å²) in [7, 11) is 1.56. The van der Waals surface area contributed by atoms with Crippen molar-refractivity contribution in [3.63, 3.8) is 0 Å². The van der Waals surface area contributed by atoms with Crippen molar-refractivity contribution in [3.05, 3.63) is 36.5 Å². The van der Waals surface area contributed by atoms with E-state index in [9.17, 15) is 4.79 Å². The minimum absolute atomic E-state index is 0.226. The van der Waals surface area contributed by atoms with Crippen LogP contribution in [0.4, 0.5) is 4.79 Å². The van der Waals surface area contributed by atoms with Crippen LogP contribution in [0.3, 0.4) is 0 Å². The van der Waals surface area contributed by atoms with E-state index >= 15 is 0 Å². The Hall–Kier alpha value is -2.04. The highest BCUT2D eigenvalue weighted by Crippen LogP contribution is 2.05. The molecule has 0 saturated carbocycles. The first-order valence-corrected chi connectivity index (χ1v) is 4.87. The molecule has 1 aromatic heterocycles. The van der Waals surface area contributed by atoms with Crippen molar-refractivity contribution in [2.75, 3.05) is 13.7 Å². The molecule has 1 aromatic rings. The summed E-state index contributed by atoms with van der Waals surface area (Å²) >= 11 is 0. The Morgan fingerprint density at radius 2 is 2.38 bits per heavy atom. The Kier molecular flexibility index (Phi) is 4.85. The van der Waals surface area contributed by atoms with Crippen LogP contribution >= 0.6 is 0 Å². The molecule has 1 heterocycles. The fourth-order valence-electron chi connectivity index (χ4n) is 1.05. The lowest BCUT2D eigenvalue weighted by Gasteiger charge is -2.06. The molecule has 0 saturated heterocycles. The van der Waals surface area contributed by atoms with Gasteiger partial charge in [-0.3, -0.25) is 0 Å². The van der Waals surface area contributed by atoms with Crippen LogP contribution in [0.2, 0.25) is 0 Å². The van der Waals surface area contributed by atoms with Crippen LogP contribution in [-0.2, 0) is 6.54 Å². The topological polar surface area (TPSA) is 63.2 Å². The maximum atomic E-state index is 11.2. The van der Waals surface area contributed by atoms with Gasteiger partial charge in [0.2, 0.25) is 5.88 Å². The molecular formula is C11H15N3O2. The number of amides is 2. The van der Waals surface area contributed by atoms with Gasteiger partial charge in [0.1, 0.15) is 0 Å². The number of aromatic nitrogens is 1. The number of rotatable bonds is 5. The van der Waals surface area contributed by atoms with Gasteiger partial charge in [-0.05, 0) is 5.56 Å². The van der Waals surface area contributed by atoms with Gasteiger partial charge in [-0.15, -0.1) is 6.58 Å². The van der Waals surface area contributed by atoms with E-state index in [2.05, 4.69) is 22.2 Å². The average Bonchev–Trinajstić information content (AvgIpc) is 2.34. The van der Waals surface area contributed by atoms with E-state index in [4.69, 9.17) is 4.74 Å². The number of methoxy groups -OCH3 is 1. The van der Waals surface area contributed by atoms with E-state index in [1.807, 2.05) is 6.07 Å². The fraction of sp³-hybridized carbons (Fsp3) is 0.273. The predicted octanol–water partition coefficient (Wildman–Crippen LogP) is 1.08. The Labute approximate surface area is 94.5 Å². The molecule has 0 aliphatic heterocycles. The van der Waals surface area contributed by atoms with Gasteiger partial charge >= 0.3 is 6.03 Å². The summed E-state index contributed by atoms with van der Waals surface area (Å²) in [5.74, 6) is 0.555. The molecular weight excluding hydrogens is 206 g/mol. The fourth-order valence-corrected chi connectivity index (χ4v) is 1.05. The number of ether oxygens (including phenoxy) is 1. The maximum Gasteiger partial charge on any atom is 0.315 e. The van der Waals surface area contributed by atoms with Gasteiger partial charge in [0.05, 0.1) is 7.11 Å². The molecule has 0 aliphatic rings. The van der Waals surface area contributed by atoms with E-state index in [1.165, 1.54) is 0 Å². The summed E-state index contributed by atoms with van der Waals surface area (Å²) in [6, 6.07) is 3.37. The minimum atomic E-state index is -0.226. The normalized spacial score (nSPS) is 9.31. The number of pyridine rings is 1. The number of nitrogens with one attached hydrogen (secondary N) is 2. The van der Waals surface area contributed by atoms with Gasteiger partial charge in [-0.2, -0.15) is 0 Å². The monoisotopic (exact) mass is 221 g/mol. The Balaban J connectivity index is 2.36. The van der Waals surface area contributed by atoms with E-state index in [0.717, 1.165) is 5.56 Å². The highest BCUT2D eigenvalue weighted by atomic mass is 16.5. The van der Waals surface area contributed by atoms with Gasteiger partial charge < -0.3 is 15.4 Å². The van der Waals surface area contributed by atoms with Crippen molar-refractivity contribution in [2.45, 2.75) is 6.54 Å². The third-order valence-electron chi connectivity index (χ3n) is 1.87. The standard InChI is InChI=1S/C11H15N3O2/c1-3-6-12-11(15)14-8-9-4-5-10(16-2)13-7-9/h3-5,7H,1,6,8H2,2H3,(H2,12,14,15). The summed E-state index contributed by atoms with van der Waals surface area (Å²) in [5.41, 5.74) is 0.912. The van der Waals surface area contributed by atoms with Crippen LogP contribution in [0, 0.1) is 0 Å². The summed E-state index contributed by atoms with van der Waals surface area (Å²) < 4.78 is 4.93. The van der Waals surface area contributed by atoms with Gasteiger partial charge in [-0.1, -0.05) is 12.1 Å². The molecule has 0 fully saturated rings. The highest BCUT2D eigenvalue weighted by molar-refractivity contribution is 5.73. The molecule has 0 spiro atoms. The number of urea groups is 1. The quantitative estimate of drug-likeness (QED) is 0.731. The number of nitrogens with zero attached hydrogens (tertiary/aromatic N) is 1. The van der Waals surface area contributed by atoms with Crippen LogP contribution in [0.15, 0.2) is 31.0 Å². The lowest BCUT2D eigenvalue weighted by Crippen LogP contribution is -2.34. The van der Waals surface area contributed by atoms with Crippen LogP contribution in [-0.4, -0.2) is 24.7 Å². The van der Waals surface area contributed by atoms with Crippen molar-refractivity contribution in [1.29, 1.82) is 0 Å². The third kappa shape index (κ3) is 4.00. The number of hydrogen-bond donors (Lipinski definition) is 2. The van der Waals surface area contributed by atoms with Crippen molar-refractivity contribution >= 4 is 6.03 Å². The van der Waals surface area contributed by atoms with Gasteiger partial charge in [-0.25, -0.2) is 9.78 Å². The van der Waals surface area contributed by atoms with Crippen LogP contribution in [0.1, 0.15) is 5.56 Å². The zero-order valence-electron chi connectivity index (χ0n) is 9.19. The molecule has 1 rings (SSSR count). The molecule has 0 radical (unpaired) electrons. The lowest BCUT2D eigenvalue weighted by atomic mass is 10.3. The third-order valence-corrected chi connectivity index (χ3v) is 1.87. The first-order valence-electron chi connectivity index (χ1n) is 4.87. The maximum absolute atomic E-state index is 11.2. The van der Waals surface area contributed by atoms with Crippen molar-refractivity contribution in [1.82, 2.24) is 15.6 Å². The van der Waals surface area contributed by atoms with Gasteiger partial charge in [0.15, 0.2) is 0 Å². The molecule has 0 atom stereocenters. The molecule has 86 valence electrons. The molecule has 2 N–H and O–H groups in total. The van der Waals surface area contributed by atoms with Crippen LogP contribution < -0.4 is 15.4 Å². The summed E-state index contributed by atoms with van der Waals surface area (Å²) in [6.07, 6.45) is 3.28. The number of hydrogen-bond acceptors (Lipinski definition) is 3. The summed E-state index contributed by atoms with van der Waals surface area (Å²) in [4.78, 5) is 15.2. The molecule has 0 bridgehead atoms. The predicted molar refractivity (Wildman–Crippen MR) is 61.2 cm³/mol. The largest absolute Gasteiger partial charge is 0.481 e.